The van der Waals surface area contributed by atoms with Crippen LogP contribution < -0.4 is 5.32 Å². The summed E-state index contributed by atoms with van der Waals surface area (Å²) in [7, 11) is 0. The van der Waals surface area contributed by atoms with Crippen molar-refractivity contribution >= 4 is 17.3 Å². The van der Waals surface area contributed by atoms with Gasteiger partial charge in [0.25, 0.3) is 0 Å². The van der Waals surface area contributed by atoms with Crippen LogP contribution in [0.2, 0.25) is 5.15 Å². The Morgan fingerprint density at radius 3 is 3.06 bits per heavy atom. The lowest BCUT2D eigenvalue weighted by molar-refractivity contribution is 0.00596. The molecule has 0 amide bonds. The van der Waals surface area contributed by atoms with Crippen molar-refractivity contribution in [2.45, 2.75) is 51.7 Å². The fraction of sp³-hybridized carbons (Fsp3) is 0.643. The van der Waals surface area contributed by atoms with Crippen LogP contribution in [0.3, 0.4) is 0 Å². The number of aryl methyl sites for hydroxylation is 1. The minimum atomic E-state index is 0.404. The standard InChI is InChI=1S/C14H21ClN2O/c1-3-4-12-9-11(7-8-18-12)17-13-5-6-14(15)16-10(13)2/h5-6,11-12,17H,3-4,7-9H2,1-2H3. The molecular weight excluding hydrogens is 248 g/mol. The number of hydrogen-bond acceptors (Lipinski definition) is 3. The van der Waals surface area contributed by atoms with Crippen LogP contribution in [0.15, 0.2) is 12.1 Å². The third-order valence-corrected chi connectivity index (χ3v) is 3.60. The smallest absolute Gasteiger partial charge is 0.129 e. The molecule has 0 spiro atoms. The summed E-state index contributed by atoms with van der Waals surface area (Å²) in [5.41, 5.74) is 2.04. The number of hydrogen-bond donors (Lipinski definition) is 1. The number of anilines is 1. The molecule has 0 bridgehead atoms. The molecule has 2 atom stereocenters. The van der Waals surface area contributed by atoms with Gasteiger partial charge in [-0.25, -0.2) is 4.98 Å². The molecule has 1 saturated heterocycles. The minimum absolute atomic E-state index is 0.404. The van der Waals surface area contributed by atoms with Gasteiger partial charge in [0, 0.05) is 12.6 Å². The number of nitrogens with zero attached hydrogens (tertiary/aromatic N) is 1. The van der Waals surface area contributed by atoms with Crippen LogP contribution in [0, 0.1) is 6.92 Å². The molecule has 1 aliphatic rings. The SMILES string of the molecule is CCCC1CC(Nc2ccc(Cl)nc2C)CCO1. The summed E-state index contributed by atoms with van der Waals surface area (Å²) < 4.78 is 5.76. The molecular formula is C14H21ClN2O. The Morgan fingerprint density at radius 1 is 1.50 bits per heavy atom. The van der Waals surface area contributed by atoms with E-state index in [2.05, 4.69) is 17.2 Å². The Bertz CT molecular complexity index is 395. The first-order chi connectivity index (χ1) is 8.69. The highest BCUT2D eigenvalue weighted by molar-refractivity contribution is 6.29. The Morgan fingerprint density at radius 2 is 2.33 bits per heavy atom. The monoisotopic (exact) mass is 268 g/mol. The second-order valence-corrected chi connectivity index (χ2v) is 5.30. The van der Waals surface area contributed by atoms with E-state index in [4.69, 9.17) is 16.3 Å². The molecule has 2 rings (SSSR count). The van der Waals surface area contributed by atoms with Crippen molar-refractivity contribution in [1.82, 2.24) is 4.98 Å². The fourth-order valence-electron chi connectivity index (χ4n) is 2.44. The van der Waals surface area contributed by atoms with Crippen molar-refractivity contribution in [2.24, 2.45) is 0 Å². The summed E-state index contributed by atoms with van der Waals surface area (Å²) in [5.74, 6) is 0. The molecule has 18 heavy (non-hydrogen) atoms. The van der Waals surface area contributed by atoms with E-state index in [1.807, 2.05) is 19.1 Å². The maximum absolute atomic E-state index is 5.87. The van der Waals surface area contributed by atoms with Crippen molar-refractivity contribution in [1.29, 1.82) is 0 Å². The van der Waals surface area contributed by atoms with E-state index in [0.717, 1.165) is 37.3 Å². The van der Waals surface area contributed by atoms with Crippen molar-refractivity contribution in [3.8, 4) is 0 Å². The Kier molecular flexibility index (Phi) is 4.84. The molecule has 0 saturated carbocycles. The van der Waals surface area contributed by atoms with Gasteiger partial charge in [-0.15, -0.1) is 0 Å². The van der Waals surface area contributed by atoms with Gasteiger partial charge in [-0.1, -0.05) is 24.9 Å². The molecule has 4 heteroatoms. The van der Waals surface area contributed by atoms with Gasteiger partial charge in [-0.05, 0) is 38.3 Å². The molecule has 2 heterocycles. The molecule has 3 nitrogen and oxygen atoms in total. The average Bonchev–Trinajstić information content (AvgIpc) is 2.34. The van der Waals surface area contributed by atoms with Gasteiger partial charge in [-0.2, -0.15) is 0 Å². The van der Waals surface area contributed by atoms with Gasteiger partial charge in [0.15, 0.2) is 0 Å². The van der Waals surface area contributed by atoms with E-state index in [0.29, 0.717) is 17.3 Å². The van der Waals surface area contributed by atoms with E-state index in [9.17, 15) is 0 Å². The number of nitrogens with one attached hydrogen (secondary N) is 1. The number of ether oxygens (including phenoxy) is 1. The molecule has 1 fully saturated rings. The van der Waals surface area contributed by atoms with Gasteiger partial charge >= 0.3 is 0 Å². The lowest BCUT2D eigenvalue weighted by Crippen LogP contribution is -2.34. The van der Waals surface area contributed by atoms with Gasteiger partial charge in [0.1, 0.15) is 5.15 Å². The summed E-state index contributed by atoms with van der Waals surface area (Å²) in [6.07, 6.45) is 4.87. The summed E-state index contributed by atoms with van der Waals surface area (Å²) in [6, 6.07) is 4.33. The average molecular weight is 269 g/mol. The second kappa shape index (κ2) is 6.39. The van der Waals surface area contributed by atoms with Gasteiger partial charge in [-0.3, -0.25) is 0 Å². The summed E-state index contributed by atoms with van der Waals surface area (Å²) in [5, 5.41) is 4.11. The third kappa shape index (κ3) is 3.59. The minimum Gasteiger partial charge on any atom is -0.381 e. The largest absolute Gasteiger partial charge is 0.381 e. The molecule has 0 radical (unpaired) electrons. The zero-order valence-electron chi connectivity index (χ0n) is 11.1. The molecule has 1 aromatic rings. The molecule has 0 aliphatic carbocycles. The van der Waals surface area contributed by atoms with E-state index in [1.165, 1.54) is 6.42 Å². The first kappa shape index (κ1) is 13.6. The summed E-state index contributed by atoms with van der Waals surface area (Å²) in [4.78, 5) is 4.27. The maximum atomic E-state index is 5.87. The molecule has 2 unspecified atom stereocenters. The van der Waals surface area contributed by atoms with Crippen LogP contribution in [0.25, 0.3) is 0 Å². The van der Waals surface area contributed by atoms with Gasteiger partial charge in [0.2, 0.25) is 0 Å². The van der Waals surface area contributed by atoms with E-state index >= 15 is 0 Å². The van der Waals surface area contributed by atoms with Gasteiger partial charge < -0.3 is 10.1 Å². The maximum Gasteiger partial charge on any atom is 0.129 e. The van der Waals surface area contributed by atoms with Crippen molar-refractivity contribution in [2.75, 3.05) is 11.9 Å². The lowest BCUT2D eigenvalue weighted by Gasteiger charge is -2.31. The van der Waals surface area contributed by atoms with Crippen LogP contribution in [0.1, 0.15) is 38.3 Å². The third-order valence-electron chi connectivity index (χ3n) is 3.39. The quantitative estimate of drug-likeness (QED) is 0.844. The van der Waals surface area contributed by atoms with Crippen LogP contribution in [-0.4, -0.2) is 23.7 Å². The van der Waals surface area contributed by atoms with E-state index in [1.54, 1.807) is 0 Å². The second-order valence-electron chi connectivity index (χ2n) is 4.91. The fourth-order valence-corrected chi connectivity index (χ4v) is 2.63. The first-order valence-electron chi connectivity index (χ1n) is 6.70. The van der Waals surface area contributed by atoms with Crippen molar-refractivity contribution < 1.29 is 4.74 Å². The predicted octanol–water partition coefficient (Wildman–Crippen LogP) is 3.80. The van der Waals surface area contributed by atoms with Crippen molar-refractivity contribution in [3.63, 3.8) is 0 Å². The highest BCUT2D eigenvalue weighted by atomic mass is 35.5. The van der Waals surface area contributed by atoms with Crippen LogP contribution in [0.4, 0.5) is 5.69 Å². The summed E-state index contributed by atoms with van der Waals surface area (Å²) in [6.45, 7) is 5.03. The van der Waals surface area contributed by atoms with E-state index in [-0.39, 0.29) is 0 Å². The summed E-state index contributed by atoms with van der Waals surface area (Å²) >= 11 is 5.87. The predicted molar refractivity (Wildman–Crippen MR) is 75.3 cm³/mol. The Balaban J connectivity index is 1.96. The topological polar surface area (TPSA) is 34.2 Å². The first-order valence-corrected chi connectivity index (χ1v) is 7.08. The van der Waals surface area contributed by atoms with Crippen LogP contribution in [-0.2, 0) is 4.74 Å². The van der Waals surface area contributed by atoms with Crippen molar-refractivity contribution in [3.05, 3.63) is 23.0 Å². The van der Waals surface area contributed by atoms with Crippen LogP contribution in [0.5, 0.6) is 0 Å². The molecule has 0 aromatic carbocycles. The highest BCUT2D eigenvalue weighted by Crippen LogP contribution is 2.23. The number of aromatic nitrogens is 1. The molecule has 100 valence electrons. The molecule has 1 aromatic heterocycles. The normalized spacial score (nSPS) is 23.9. The number of pyridine rings is 1. The molecule has 1 N–H and O–H groups in total. The Labute approximate surface area is 114 Å². The van der Waals surface area contributed by atoms with E-state index < -0.39 is 0 Å². The lowest BCUT2D eigenvalue weighted by atomic mass is 10.00. The number of halogens is 1. The highest BCUT2D eigenvalue weighted by Gasteiger charge is 2.22. The van der Waals surface area contributed by atoms with Gasteiger partial charge in [0.05, 0.1) is 17.5 Å². The number of rotatable bonds is 4. The Hall–Kier alpha value is -0.800. The zero-order chi connectivity index (χ0) is 13.0. The van der Waals surface area contributed by atoms with Crippen LogP contribution >= 0.6 is 11.6 Å². The molecule has 1 aliphatic heterocycles. The zero-order valence-corrected chi connectivity index (χ0v) is 11.8.